The number of hydrogen-bond acceptors (Lipinski definition) is 1. The lowest BCUT2D eigenvalue weighted by Crippen LogP contribution is -2.01. The quantitative estimate of drug-likeness (QED) is 0.714. The maximum absolute atomic E-state index is 13.3. The molecule has 0 heterocycles. The number of anilines is 1. The van der Waals surface area contributed by atoms with Crippen LogP contribution in [0.15, 0.2) is 45.3 Å². The van der Waals surface area contributed by atoms with Crippen LogP contribution in [-0.4, -0.2) is 0 Å². The van der Waals surface area contributed by atoms with Crippen molar-refractivity contribution >= 4 is 49.1 Å². The molecule has 5 heteroatoms. The Balaban J connectivity index is 2.14. The fourth-order valence-electron chi connectivity index (χ4n) is 1.51. The van der Waals surface area contributed by atoms with Gasteiger partial charge in [0.15, 0.2) is 0 Å². The Bertz CT molecular complexity index is 575. The molecule has 0 radical (unpaired) electrons. The van der Waals surface area contributed by atoms with Gasteiger partial charge in [-0.1, -0.05) is 39.7 Å². The first-order chi connectivity index (χ1) is 8.58. The molecule has 2 aromatic carbocycles. The number of benzene rings is 2. The van der Waals surface area contributed by atoms with Gasteiger partial charge in [0.05, 0.1) is 5.02 Å². The second-order valence-electron chi connectivity index (χ2n) is 3.69. The summed E-state index contributed by atoms with van der Waals surface area (Å²) in [5.74, 6) is -0.397. The third-order valence-corrected chi connectivity index (χ3v) is 4.00. The Kier molecular flexibility index (Phi) is 4.65. The summed E-state index contributed by atoms with van der Waals surface area (Å²) in [5, 5.41) is 3.37. The van der Waals surface area contributed by atoms with Gasteiger partial charge in [-0.25, -0.2) is 4.39 Å². The highest BCUT2D eigenvalue weighted by atomic mass is 79.9. The van der Waals surface area contributed by atoms with Crippen LogP contribution >= 0.6 is 43.5 Å². The molecular formula is C13H9Br2ClFN. The van der Waals surface area contributed by atoms with Crippen molar-refractivity contribution in [3.8, 4) is 0 Å². The first kappa shape index (κ1) is 13.8. The topological polar surface area (TPSA) is 12.0 Å². The van der Waals surface area contributed by atoms with Crippen LogP contribution in [0.4, 0.5) is 10.1 Å². The van der Waals surface area contributed by atoms with Gasteiger partial charge in [-0.2, -0.15) is 0 Å². The van der Waals surface area contributed by atoms with Crippen LogP contribution < -0.4 is 5.32 Å². The first-order valence-electron chi connectivity index (χ1n) is 5.20. The van der Waals surface area contributed by atoms with Gasteiger partial charge >= 0.3 is 0 Å². The third-order valence-electron chi connectivity index (χ3n) is 2.43. The normalized spacial score (nSPS) is 10.4. The average molecular weight is 393 g/mol. The van der Waals surface area contributed by atoms with E-state index >= 15 is 0 Å². The summed E-state index contributed by atoms with van der Waals surface area (Å²) in [6, 6.07) is 10.6. The van der Waals surface area contributed by atoms with Crippen LogP contribution in [0.3, 0.4) is 0 Å². The Morgan fingerprint density at radius 2 is 1.94 bits per heavy atom. The fourth-order valence-corrected chi connectivity index (χ4v) is 2.89. The van der Waals surface area contributed by atoms with Crippen molar-refractivity contribution in [2.75, 3.05) is 5.32 Å². The highest BCUT2D eigenvalue weighted by molar-refractivity contribution is 9.11. The zero-order valence-corrected chi connectivity index (χ0v) is 13.1. The molecule has 0 amide bonds. The van der Waals surface area contributed by atoms with Crippen molar-refractivity contribution in [1.82, 2.24) is 0 Å². The van der Waals surface area contributed by atoms with Crippen LogP contribution in [0.5, 0.6) is 0 Å². The summed E-state index contributed by atoms with van der Waals surface area (Å²) in [5.41, 5.74) is 1.66. The van der Waals surface area contributed by atoms with Gasteiger partial charge in [0, 0.05) is 21.2 Å². The summed E-state index contributed by atoms with van der Waals surface area (Å²) in [6.45, 7) is 0.469. The van der Waals surface area contributed by atoms with Crippen LogP contribution in [0, 0.1) is 5.82 Å². The number of hydrogen-bond donors (Lipinski definition) is 1. The smallest absolute Gasteiger partial charge is 0.142 e. The maximum atomic E-state index is 13.3. The van der Waals surface area contributed by atoms with Crippen molar-refractivity contribution in [1.29, 1.82) is 0 Å². The standard InChI is InChI=1S/C13H9Br2ClFN/c14-9-4-5-12(10(15)6-9)18-7-8-2-1-3-11(17)13(8)16/h1-6,18H,7H2. The molecule has 0 unspecified atom stereocenters. The zero-order chi connectivity index (χ0) is 13.1. The molecule has 94 valence electrons. The molecular weight excluding hydrogens is 384 g/mol. The lowest BCUT2D eigenvalue weighted by Gasteiger charge is -2.10. The molecule has 0 spiro atoms. The van der Waals surface area contributed by atoms with E-state index in [1.807, 2.05) is 18.2 Å². The molecule has 1 nitrogen and oxygen atoms in total. The van der Waals surface area contributed by atoms with Crippen LogP contribution in [0.25, 0.3) is 0 Å². The van der Waals surface area contributed by atoms with Crippen LogP contribution in [0.2, 0.25) is 5.02 Å². The van der Waals surface area contributed by atoms with E-state index in [1.165, 1.54) is 6.07 Å². The molecule has 0 saturated heterocycles. The third kappa shape index (κ3) is 3.25. The minimum Gasteiger partial charge on any atom is -0.380 e. The van der Waals surface area contributed by atoms with Crippen molar-refractivity contribution in [2.45, 2.75) is 6.54 Å². The van der Waals surface area contributed by atoms with Gasteiger partial charge in [-0.15, -0.1) is 0 Å². The molecule has 0 aliphatic rings. The molecule has 2 rings (SSSR count). The van der Waals surface area contributed by atoms with Gasteiger partial charge in [0.1, 0.15) is 5.82 Å². The molecule has 0 aromatic heterocycles. The highest BCUT2D eigenvalue weighted by Crippen LogP contribution is 2.27. The van der Waals surface area contributed by atoms with Crippen molar-refractivity contribution in [2.24, 2.45) is 0 Å². The second kappa shape index (κ2) is 6.04. The second-order valence-corrected chi connectivity index (χ2v) is 5.84. The van der Waals surface area contributed by atoms with Crippen molar-refractivity contribution < 1.29 is 4.39 Å². The van der Waals surface area contributed by atoms with Gasteiger partial charge in [-0.05, 0) is 45.8 Å². The van der Waals surface area contributed by atoms with E-state index < -0.39 is 5.82 Å². The first-order valence-corrected chi connectivity index (χ1v) is 7.16. The number of halogens is 4. The molecule has 0 bridgehead atoms. The minimum absolute atomic E-state index is 0.165. The van der Waals surface area contributed by atoms with E-state index in [9.17, 15) is 4.39 Å². The maximum Gasteiger partial charge on any atom is 0.142 e. The lowest BCUT2D eigenvalue weighted by molar-refractivity contribution is 0.626. The molecule has 2 aromatic rings. The van der Waals surface area contributed by atoms with E-state index in [1.54, 1.807) is 12.1 Å². The predicted molar refractivity (Wildman–Crippen MR) is 80.6 cm³/mol. The van der Waals surface area contributed by atoms with Gasteiger partial charge in [0.2, 0.25) is 0 Å². The largest absolute Gasteiger partial charge is 0.380 e. The molecule has 1 N–H and O–H groups in total. The van der Waals surface area contributed by atoms with E-state index in [-0.39, 0.29) is 5.02 Å². The fraction of sp³-hybridized carbons (Fsp3) is 0.0769. The number of rotatable bonds is 3. The van der Waals surface area contributed by atoms with Gasteiger partial charge in [0.25, 0.3) is 0 Å². The van der Waals surface area contributed by atoms with E-state index in [0.29, 0.717) is 6.54 Å². The van der Waals surface area contributed by atoms with Crippen molar-refractivity contribution in [3.05, 3.63) is 61.7 Å². The molecule has 0 atom stereocenters. The monoisotopic (exact) mass is 391 g/mol. The molecule has 0 aliphatic carbocycles. The van der Waals surface area contributed by atoms with Crippen LogP contribution in [0.1, 0.15) is 5.56 Å². The molecule has 0 aliphatic heterocycles. The predicted octanol–water partition coefficient (Wildman–Crippen LogP) is 5.62. The van der Waals surface area contributed by atoms with E-state index in [2.05, 4.69) is 37.2 Å². The zero-order valence-electron chi connectivity index (χ0n) is 9.18. The highest BCUT2D eigenvalue weighted by Gasteiger charge is 2.06. The molecule has 0 saturated carbocycles. The van der Waals surface area contributed by atoms with Gasteiger partial charge < -0.3 is 5.32 Å². The Morgan fingerprint density at radius 3 is 2.67 bits per heavy atom. The summed E-state index contributed by atoms with van der Waals surface area (Å²) in [6.07, 6.45) is 0. The molecule has 0 fully saturated rings. The Hall–Kier alpha value is -0.580. The Morgan fingerprint density at radius 1 is 1.17 bits per heavy atom. The van der Waals surface area contributed by atoms with Crippen LogP contribution in [-0.2, 0) is 6.54 Å². The Labute approximate surface area is 127 Å². The minimum atomic E-state index is -0.397. The number of nitrogens with one attached hydrogen (secondary N) is 1. The van der Waals surface area contributed by atoms with E-state index in [0.717, 1.165) is 20.2 Å². The lowest BCUT2D eigenvalue weighted by atomic mass is 10.2. The van der Waals surface area contributed by atoms with Crippen molar-refractivity contribution in [3.63, 3.8) is 0 Å². The summed E-state index contributed by atoms with van der Waals surface area (Å²) in [4.78, 5) is 0. The average Bonchev–Trinajstić information content (AvgIpc) is 2.33. The summed E-state index contributed by atoms with van der Waals surface area (Å²) < 4.78 is 15.2. The summed E-state index contributed by atoms with van der Waals surface area (Å²) in [7, 11) is 0. The SMILES string of the molecule is Fc1cccc(CNc2ccc(Br)cc2Br)c1Cl. The van der Waals surface area contributed by atoms with Gasteiger partial charge in [-0.3, -0.25) is 0 Å². The van der Waals surface area contributed by atoms with E-state index in [4.69, 9.17) is 11.6 Å². The summed E-state index contributed by atoms with van der Waals surface area (Å²) >= 11 is 12.7. The molecule has 18 heavy (non-hydrogen) atoms.